The van der Waals surface area contributed by atoms with Crippen molar-refractivity contribution >= 4 is 27.5 Å². The molecule has 0 aliphatic carbocycles. The molecule has 0 aliphatic heterocycles. The smallest absolute Gasteiger partial charge is 0.260 e. The average Bonchev–Trinajstić information content (AvgIpc) is 2.83. The predicted molar refractivity (Wildman–Crippen MR) is 76.2 cm³/mol. The van der Waals surface area contributed by atoms with Crippen LogP contribution in [0.3, 0.4) is 0 Å². The van der Waals surface area contributed by atoms with Gasteiger partial charge in [-0.05, 0) is 52.5 Å². The first-order valence-corrected chi connectivity index (χ1v) is 6.74. The fourth-order valence-electron chi connectivity index (χ4n) is 1.74. The number of carbonyl (C=O) groups is 1. The number of amides is 1. The first-order chi connectivity index (χ1) is 9.20. The van der Waals surface area contributed by atoms with Crippen molar-refractivity contribution in [3.63, 3.8) is 0 Å². The van der Waals surface area contributed by atoms with Crippen LogP contribution < -0.4 is 5.32 Å². The quantitative estimate of drug-likeness (QED) is 0.888. The second kappa shape index (κ2) is 6.54. The first-order valence-electron chi connectivity index (χ1n) is 5.95. The van der Waals surface area contributed by atoms with Crippen LogP contribution in [0.5, 0.6) is 0 Å². The lowest BCUT2D eigenvalue weighted by Crippen LogP contribution is -2.11. The number of hydrogen-bond donors (Lipinski definition) is 2. The maximum Gasteiger partial charge on any atom is 0.260 e. The van der Waals surface area contributed by atoms with E-state index in [1.807, 2.05) is 24.3 Å². The van der Waals surface area contributed by atoms with Crippen molar-refractivity contribution in [3.8, 4) is 0 Å². The molecule has 0 bridgehead atoms. The fraction of sp³-hybridized carbons (Fsp3) is 0.214. The van der Waals surface area contributed by atoms with Gasteiger partial charge in [0.2, 0.25) is 0 Å². The third-order valence-electron chi connectivity index (χ3n) is 2.67. The molecule has 1 heterocycles. The zero-order valence-corrected chi connectivity index (χ0v) is 11.8. The molecule has 19 heavy (non-hydrogen) atoms. The summed E-state index contributed by atoms with van der Waals surface area (Å²) in [6.45, 7) is 0.165. The summed E-state index contributed by atoms with van der Waals surface area (Å²) in [6.07, 6.45) is 2.96. The molecule has 2 rings (SSSR count). The third-order valence-corrected chi connectivity index (χ3v) is 3.29. The molecule has 100 valence electrons. The van der Waals surface area contributed by atoms with Crippen molar-refractivity contribution in [1.29, 1.82) is 0 Å². The van der Waals surface area contributed by atoms with Crippen LogP contribution >= 0.6 is 15.9 Å². The number of carbonyl (C=O) groups excluding carboxylic acids is 1. The lowest BCUT2D eigenvalue weighted by molar-refractivity contribution is 0.102. The molecule has 0 fully saturated rings. The maximum atomic E-state index is 12.0. The van der Waals surface area contributed by atoms with Crippen LogP contribution in [-0.4, -0.2) is 17.6 Å². The second-order valence-electron chi connectivity index (χ2n) is 4.09. The van der Waals surface area contributed by atoms with E-state index in [1.54, 1.807) is 6.07 Å². The molecule has 0 unspecified atom stereocenters. The summed E-state index contributed by atoms with van der Waals surface area (Å²) in [6, 6.07) is 9.19. The molecule has 1 aromatic carbocycles. The van der Waals surface area contributed by atoms with E-state index in [4.69, 9.17) is 9.52 Å². The second-order valence-corrected chi connectivity index (χ2v) is 4.81. The number of aryl methyl sites for hydroxylation is 1. The highest BCUT2D eigenvalue weighted by molar-refractivity contribution is 9.10. The summed E-state index contributed by atoms with van der Waals surface area (Å²) in [7, 11) is 0. The van der Waals surface area contributed by atoms with Gasteiger partial charge < -0.3 is 14.8 Å². The lowest BCUT2D eigenvalue weighted by atomic mass is 10.1. The van der Waals surface area contributed by atoms with Crippen LogP contribution in [0.2, 0.25) is 0 Å². The van der Waals surface area contributed by atoms with Gasteiger partial charge in [-0.1, -0.05) is 12.1 Å². The predicted octanol–water partition coefficient (Wildman–Crippen LogP) is 3.22. The van der Waals surface area contributed by atoms with Crippen molar-refractivity contribution in [2.24, 2.45) is 0 Å². The van der Waals surface area contributed by atoms with Gasteiger partial charge in [-0.25, -0.2) is 0 Å². The Morgan fingerprint density at radius 2 is 2.21 bits per heavy atom. The molecule has 4 nitrogen and oxygen atoms in total. The van der Waals surface area contributed by atoms with Crippen molar-refractivity contribution in [2.75, 3.05) is 11.9 Å². The van der Waals surface area contributed by atoms with Crippen molar-refractivity contribution < 1.29 is 14.3 Å². The van der Waals surface area contributed by atoms with Gasteiger partial charge in [-0.3, -0.25) is 4.79 Å². The molecule has 0 aliphatic rings. The minimum atomic E-state index is -0.222. The standard InChI is InChI=1S/C14H14BrNO3/c15-13-12(6-8-19-13)14(18)16-11-5-1-3-10(9-11)4-2-7-17/h1,3,5-6,8-9,17H,2,4,7H2,(H,16,18). The van der Waals surface area contributed by atoms with E-state index < -0.39 is 0 Å². The highest BCUT2D eigenvalue weighted by atomic mass is 79.9. The van der Waals surface area contributed by atoms with Gasteiger partial charge in [-0.2, -0.15) is 0 Å². The van der Waals surface area contributed by atoms with Gasteiger partial charge in [0.1, 0.15) is 0 Å². The van der Waals surface area contributed by atoms with E-state index in [0.29, 0.717) is 16.7 Å². The molecule has 0 saturated carbocycles. The fourth-order valence-corrected chi connectivity index (χ4v) is 2.16. The summed E-state index contributed by atoms with van der Waals surface area (Å²) in [4.78, 5) is 12.0. The molecule has 1 amide bonds. The SMILES string of the molecule is O=C(Nc1cccc(CCCO)c1)c1ccoc1Br. The maximum absolute atomic E-state index is 12.0. The Morgan fingerprint density at radius 3 is 2.89 bits per heavy atom. The van der Waals surface area contributed by atoms with Crippen LogP contribution in [0.25, 0.3) is 0 Å². The molecule has 0 saturated heterocycles. The topological polar surface area (TPSA) is 62.5 Å². The number of halogens is 1. The monoisotopic (exact) mass is 323 g/mol. The number of nitrogens with one attached hydrogen (secondary N) is 1. The largest absolute Gasteiger partial charge is 0.457 e. The van der Waals surface area contributed by atoms with E-state index in [2.05, 4.69) is 21.2 Å². The molecule has 2 aromatic rings. The highest BCUT2D eigenvalue weighted by Crippen LogP contribution is 2.20. The number of benzene rings is 1. The molecule has 2 N–H and O–H groups in total. The van der Waals surface area contributed by atoms with Crippen LogP contribution in [0.15, 0.2) is 45.7 Å². The highest BCUT2D eigenvalue weighted by Gasteiger charge is 2.12. The Kier molecular flexibility index (Phi) is 4.76. The Balaban J connectivity index is 2.07. The Labute approximate surface area is 119 Å². The minimum Gasteiger partial charge on any atom is -0.457 e. The zero-order chi connectivity index (χ0) is 13.7. The van der Waals surface area contributed by atoms with Crippen LogP contribution in [-0.2, 0) is 6.42 Å². The van der Waals surface area contributed by atoms with E-state index in [-0.39, 0.29) is 12.5 Å². The number of aliphatic hydroxyl groups is 1. The molecule has 5 heteroatoms. The number of rotatable bonds is 5. The lowest BCUT2D eigenvalue weighted by Gasteiger charge is -2.06. The third kappa shape index (κ3) is 3.68. The molecular formula is C14H14BrNO3. The minimum absolute atomic E-state index is 0.165. The van der Waals surface area contributed by atoms with Crippen LogP contribution in [0.1, 0.15) is 22.3 Å². The number of furan rings is 1. The number of anilines is 1. The Morgan fingerprint density at radius 1 is 1.37 bits per heavy atom. The van der Waals surface area contributed by atoms with Crippen molar-refractivity contribution in [1.82, 2.24) is 0 Å². The van der Waals surface area contributed by atoms with Crippen molar-refractivity contribution in [2.45, 2.75) is 12.8 Å². The average molecular weight is 324 g/mol. The van der Waals surface area contributed by atoms with E-state index in [1.165, 1.54) is 6.26 Å². The normalized spacial score (nSPS) is 10.4. The number of hydrogen-bond acceptors (Lipinski definition) is 3. The Hall–Kier alpha value is -1.59. The van der Waals surface area contributed by atoms with Crippen LogP contribution in [0, 0.1) is 0 Å². The van der Waals surface area contributed by atoms with Gasteiger partial charge >= 0.3 is 0 Å². The molecule has 1 aromatic heterocycles. The van der Waals surface area contributed by atoms with Crippen LogP contribution in [0.4, 0.5) is 5.69 Å². The summed E-state index contributed by atoms with van der Waals surface area (Å²) in [5.41, 5.74) is 2.27. The number of aliphatic hydroxyl groups excluding tert-OH is 1. The Bertz CT molecular complexity index is 565. The van der Waals surface area contributed by atoms with Crippen molar-refractivity contribution in [3.05, 3.63) is 52.4 Å². The summed E-state index contributed by atoms with van der Waals surface area (Å²) in [5.74, 6) is -0.222. The molecule has 0 spiro atoms. The zero-order valence-electron chi connectivity index (χ0n) is 10.2. The summed E-state index contributed by atoms with van der Waals surface area (Å²) < 4.78 is 5.45. The van der Waals surface area contributed by atoms with Gasteiger partial charge in [-0.15, -0.1) is 0 Å². The van der Waals surface area contributed by atoms with Gasteiger partial charge in [0.25, 0.3) is 5.91 Å². The summed E-state index contributed by atoms with van der Waals surface area (Å²) in [5, 5.41) is 11.6. The molecular weight excluding hydrogens is 310 g/mol. The van der Waals surface area contributed by atoms with Gasteiger partial charge in [0, 0.05) is 12.3 Å². The first kappa shape index (κ1) is 13.8. The summed E-state index contributed by atoms with van der Waals surface area (Å²) >= 11 is 3.17. The van der Waals surface area contributed by atoms with E-state index >= 15 is 0 Å². The molecule has 0 atom stereocenters. The molecule has 0 radical (unpaired) electrons. The van der Waals surface area contributed by atoms with E-state index in [0.717, 1.165) is 17.7 Å². The van der Waals surface area contributed by atoms with Gasteiger partial charge in [0.05, 0.1) is 11.8 Å². The van der Waals surface area contributed by atoms with Gasteiger partial charge in [0.15, 0.2) is 4.67 Å². The van der Waals surface area contributed by atoms with E-state index in [9.17, 15) is 4.79 Å².